The van der Waals surface area contributed by atoms with Crippen molar-refractivity contribution in [1.29, 1.82) is 0 Å². The van der Waals surface area contributed by atoms with Crippen molar-refractivity contribution >= 4 is 23.8 Å². The van der Waals surface area contributed by atoms with Crippen LogP contribution < -0.4 is 5.32 Å². The van der Waals surface area contributed by atoms with Crippen molar-refractivity contribution in [2.45, 2.75) is 20.3 Å². The highest BCUT2D eigenvalue weighted by Crippen LogP contribution is 2.08. The molecule has 0 aliphatic carbocycles. The molecule has 1 amide bonds. The molecule has 1 aromatic rings. The molecule has 5 heteroatoms. The van der Waals surface area contributed by atoms with E-state index in [4.69, 9.17) is 5.11 Å². The molecule has 18 heavy (non-hydrogen) atoms. The van der Waals surface area contributed by atoms with E-state index in [0.29, 0.717) is 17.9 Å². The number of carboxylic acid groups (broad SMARTS) is 1. The van der Waals surface area contributed by atoms with E-state index < -0.39 is 5.97 Å². The number of hydrogen-bond acceptors (Lipinski definition) is 3. The van der Waals surface area contributed by atoms with Gasteiger partial charge in [0.25, 0.3) is 0 Å². The molecule has 1 rings (SSSR count). The summed E-state index contributed by atoms with van der Waals surface area (Å²) < 4.78 is 0. The first-order valence-corrected chi connectivity index (χ1v) is 5.65. The Bertz CT molecular complexity index is 467. The van der Waals surface area contributed by atoms with Crippen molar-refractivity contribution in [2.75, 3.05) is 5.32 Å². The van der Waals surface area contributed by atoms with Gasteiger partial charge < -0.3 is 10.4 Å². The Morgan fingerprint density at radius 1 is 1.44 bits per heavy atom. The fraction of sp³-hybridized carbons (Fsp3) is 0.308. The fourth-order valence-electron chi connectivity index (χ4n) is 1.34. The lowest BCUT2D eigenvalue weighted by atomic mass is 10.1. The van der Waals surface area contributed by atoms with Gasteiger partial charge in [0, 0.05) is 12.5 Å². The van der Waals surface area contributed by atoms with E-state index in [9.17, 15) is 9.59 Å². The molecule has 1 heterocycles. The molecule has 0 atom stereocenters. The second-order valence-electron chi connectivity index (χ2n) is 4.27. The van der Waals surface area contributed by atoms with Crippen molar-refractivity contribution in [3.8, 4) is 0 Å². The number of aliphatic carboxylic acids is 1. The van der Waals surface area contributed by atoms with Gasteiger partial charge in [0.05, 0.1) is 5.69 Å². The van der Waals surface area contributed by atoms with Crippen LogP contribution in [0.1, 0.15) is 26.0 Å². The summed E-state index contributed by atoms with van der Waals surface area (Å²) in [6.07, 6.45) is 2.80. The van der Waals surface area contributed by atoms with E-state index in [-0.39, 0.29) is 11.8 Å². The molecule has 0 aliphatic heterocycles. The molecule has 96 valence electrons. The summed E-state index contributed by atoms with van der Waals surface area (Å²) in [5, 5.41) is 11.2. The predicted octanol–water partition coefficient (Wildman–Crippen LogP) is 2.16. The molecule has 0 aromatic carbocycles. The molecular weight excluding hydrogens is 232 g/mol. The van der Waals surface area contributed by atoms with Crippen LogP contribution >= 0.6 is 0 Å². The van der Waals surface area contributed by atoms with E-state index in [0.717, 1.165) is 6.08 Å². The molecule has 5 nitrogen and oxygen atoms in total. The van der Waals surface area contributed by atoms with Gasteiger partial charge in [-0.1, -0.05) is 19.9 Å². The van der Waals surface area contributed by atoms with Crippen LogP contribution in [-0.2, 0) is 9.59 Å². The lowest BCUT2D eigenvalue weighted by Gasteiger charge is -2.06. The zero-order valence-electron chi connectivity index (χ0n) is 10.4. The van der Waals surface area contributed by atoms with E-state index in [1.807, 2.05) is 13.8 Å². The van der Waals surface area contributed by atoms with Gasteiger partial charge in [0.1, 0.15) is 5.82 Å². The molecule has 0 saturated carbocycles. The second-order valence-corrected chi connectivity index (χ2v) is 4.27. The van der Waals surface area contributed by atoms with Crippen LogP contribution in [0, 0.1) is 5.92 Å². The highest BCUT2D eigenvalue weighted by Gasteiger charge is 2.05. The Kier molecular flexibility index (Phi) is 5.05. The molecule has 0 radical (unpaired) electrons. The molecule has 0 spiro atoms. The van der Waals surface area contributed by atoms with Crippen LogP contribution in [0.4, 0.5) is 5.82 Å². The predicted molar refractivity (Wildman–Crippen MR) is 69.0 cm³/mol. The minimum Gasteiger partial charge on any atom is -0.478 e. The molecule has 2 N–H and O–H groups in total. The summed E-state index contributed by atoms with van der Waals surface area (Å²) in [4.78, 5) is 26.0. The van der Waals surface area contributed by atoms with E-state index >= 15 is 0 Å². The quantitative estimate of drug-likeness (QED) is 0.782. The molecular formula is C13H16N2O3. The van der Waals surface area contributed by atoms with Crippen molar-refractivity contribution in [3.05, 3.63) is 30.0 Å². The van der Waals surface area contributed by atoms with Gasteiger partial charge in [-0.05, 0) is 24.1 Å². The molecule has 1 aromatic heterocycles. The number of pyridine rings is 1. The lowest BCUT2D eigenvalue weighted by Crippen LogP contribution is -2.14. The van der Waals surface area contributed by atoms with Gasteiger partial charge in [-0.3, -0.25) is 4.79 Å². The van der Waals surface area contributed by atoms with Crippen LogP contribution in [0.5, 0.6) is 0 Å². The number of carboxylic acids is 1. The minimum atomic E-state index is -1.04. The summed E-state index contributed by atoms with van der Waals surface area (Å²) >= 11 is 0. The summed E-state index contributed by atoms with van der Waals surface area (Å²) in [6.45, 7) is 3.91. The Morgan fingerprint density at radius 3 is 2.78 bits per heavy atom. The van der Waals surface area contributed by atoms with Gasteiger partial charge in [0.2, 0.25) is 5.91 Å². The van der Waals surface area contributed by atoms with Gasteiger partial charge in [-0.25, -0.2) is 9.78 Å². The van der Waals surface area contributed by atoms with Crippen molar-refractivity contribution in [2.24, 2.45) is 5.92 Å². The van der Waals surface area contributed by atoms with Crippen LogP contribution in [0.15, 0.2) is 24.3 Å². The summed E-state index contributed by atoms with van der Waals surface area (Å²) in [5.41, 5.74) is 0.486. The molecule has 0 bridgehead atoms. The van der Waals surface area contributed by atoms with Gasteiger partial charge >= 0.3 is 5.97 Å². The van der Waals surface area contributed by atoms with E-state index in [2.05, 4.69) is 10.3 Å². The maximum absolute atomic E-state index is 11.5. The van der Waals surface area contributed by atoms with E-state index in [1.54, 1.807) is 18.2 Å². The number of nitrogens with one attached hydrogen (secondary N) is 1. The highest BCUT2D eigenvalue weighted by atomic mass is 16.4. The lowest BCUT2D eigenvalue weighted by molar-refractivity contribution is -0.131. The number of rotatable bonds is 5. The zero-order valence-corrected chi connectivity index (χ0v) is 10.4. The molecule has 0 fully saturated rings. The number of aromatic nitrogens is 1. The number of nitrogens with zero attached hydrogens (tertiary/aromatic N) is 1. The smallest absolute Gasteiger partial charge is 0.328 e. The second kappa shape index (κ2) is 6.54. The number of amides is 1. The number of carbonyl (C=O) groups is 2. The van der Waals surface area contributed by atoms with Gasteiger partial charge in [-0.2, -0.15) is 0 Å². The van der Waals surface area contributed by atoms with Crippen molar-refractivity contribution < 1.29 is 14.7 Å². The zero-order chi connectivity index (χ0) is 13.5. The number of anilines is 1. The molecule has 0 unspecified atom stereocenters. The standard InChI is InChI=1S/C13H16N2O3/c1-9(2)8-12(16)15-11-5-3-4-10(14-11)6-7-13(17)18/h3-7,9H,8H2,1-2H3,(H,17,18)(H,14,15,16). The summed E-state index contributed by atoms with van der Waals surface area (Å²) in [7, 11) is 0. The Hall–Kier alpha value is -2.17. The Balaban J connectivity index is 2.70. The first kappa shape index (κ1) is 13.9. The van der Waals surface area contributed by atoms with Crippen molar-refractivity contribution in [3.63, 3.8) is 0 Å². The van der Waals surface area contributed by atoms with Gasteiger partial charge in [-0.15, -0.1) is 0 Å². The Labute approximate surface area is 106 Å². The van der Waals surface area contributed by atoms with Crippen LogP contribution in [0.3, 0.4) is 0 Å². The Morgan fingerprint density at radius 2 is 2.17 bits per heavy atom. The maximum Gasteiger partial charge on any atom is 0.328 e. The third kappa shape index (κ3) is 5.25. The van der Waals surface area contributed by atoms with Crippen molar-refractivity contribution in [1.82, 2.24) is 4.98 Å². The number of hydrogen-bond donors (Lipinski definition) is 2. The maximum atomic E-state index is 11.5. The highest BCUT2D eigenvalue weighted by molar-refractivity contribution is 5.90. The monoisotopic (exact) mass is 248 g/mol. The van der Waals surface area contributed by atoms with Crippen LogP contribution in [-0.4, -0.2) is 22.0 Å². The van der Waals surface area contributed by atoms with Crippen LogP contribution in [0.2, 0.25) is 0 Å². The average molecular weight is 248 g/mol. The molecule has 0 saturated heterocycles. The SMILES string of the molecule is CC(C)CC(=O)Nc1cccc(C=CC(=O)O)n1. The first-order chi connectivity index (χ1) is 8.47. The summed E-state index contributed by atoms with van der Waals surface area (Å²) in [5.74, 6) is -0.434. The van der Waals surface area contributed by atoms with Crippen LogP contribution in [0.25, 0.3) is 6.08 Å². The largest absolute Gasteiger partial charge is 0.478 e. The fourth-order valence-corrected chi connectivity index (χ4v) is 1.34. The third-order valence-corrected chi connectivity index (χ3v) is 2.03. The minimum absolute atomic E-state index is 0.100. The number of carbonyl (C=O) groups excluding carboxylic acids is 1. The summed E-state index contributed by atoms with van der Waals surface area (Å²) in [6, 6.07) is 5.04. The third-order valence-electron chi connectivity index (χ3n) is 2.03. The normalized spacial score (nSPS) is 10.8. The first-order valence-electron chi connectivity index (χ1n) is 5.65. The van der Waals surface area contributed by atoms with E-state index in [1.165, 1.54) is 6.08 Å². The topological polar surface area (TPSA) is 79.3 Å². The van der Waals surface area contributed by atoms with Gasteiger partial charge in [0.15, 0.2) is 0 Å². The molecule has 0 aliphatic rings. The average Bonchev–Trinajstić information content (AvgIpc) is 2.25.